The summed E-state index contributed by atoms with van der Waals surface area (Å²) in [4.78, 5) is 27.2. The van der Waals surface area contributed by atoms with E-state index >= 15 is 0 Å². The number of hydrogen-bond donors (Lipinski definition) is 2. The van der Waals surface area contributed by atoms with Crippen LogP contribution in [-0.4, -0.2) is 20.5 Å². The third kappa shape index (κ3) is 1.37. The highest BCUT2D eigenvalue weighted by atomic mass is 32.1. The maximum absolute atomic E-state index is 11.5. The first kappa shape index (κ1) is 9.66. The van der Waals surface area contributed by atoms with Gasteiger partial charge in [0.2, 0.25) is 0 Å². The second kappa shape index (κ2) is 3.06. The number of aromatic nitrogens is 2. The fraction of sp³-hybridized carbons (Fsp3) is 0.125. The molecular formula is C8H7N3O3S. The lowest BCUT2D eigenvalue weighted by Crippen LogP contribution is -2.18. The molecule has 0 radical (unpaired) electrons. The van der Waals surface area contributed by atoms with Crippen LogP contribution in [0.5, 0.6) is 0 Å². The SMILES string of the molecule is Cc1sc2nc(N)cc(=O)n2c1C(=O)O. The van der Waals surface area contributed by atoms with Gasteiger partial charge < -0.3 is 10.8 Å². The summed E-state index contributed by atoms with van der Waals surface area (Å²) in [5.41, 5.74) is 4.87. The van der Waals surface area contributed by atoms with Crippen molar-refractivity contribution >= 4 is 28.1 Å². The second-order valence-electron chi connectivity index (χ2n) is 2.95. The molecule has 3 N–H and O–H groups in total. The van der Waals surface area contributed by atoms with Crippen molar-refractivity contribution in [3.63, 3.8) is 0 Å². The lowest BCUT2D eigenvalue weighted by atomic mass is 10.4. The molecule has 0 aromatic carbocycles. The average Bonchev–Trinajstić information content (AvgIpc) is 2.40. The van der Waals surface area contributed by atoms with Gasteiger partial charge in [0.15, 0.2) is 4.96 Å². The molecule has 7 heteroatoms. The highest BCUT2D eigenvalue weighted by Gasteiger charge is 2.17. The van der Waals surface area contributed by atoms with Crippen LogP contribution < -0.4 is 11.3 Å². The van der Waals surface area contributed by atoms with Gasteiger partial charge in [0.25, 0.3) is 5.56 Å². The Bertz CT molecular complexity index is 613. The molecule has 0 unspecified atom stereocenters. The number of rotatable bonds is 1. The van der Waals surface area contributed by atoms with E-state index in [2.05, 4.69) is 4.98 Å². The first-order valence-corrected chi connectivity index (χ1v) is 4.84. The molecule has 0 aliphatic rings. The Morgan fingerprint density at radius 2 is 2.33 bits per heavy atom. The van der Waals surface area contributed by atoms with Gasteiger partial charge in [0.05, 0.1) is 0 Å². The summed E-state index contributed by atoms with van der Waals surface area (Å²) in [6.45, 7) is 1.62. The van der Waals surface area contributed by atoms with E-state index in [1.165, 1.54) is 0 Å². The Morgan fingerprint density at radius 1 is 1.67 bits per heavy atom. The fourth-order valence-electron chi connectivity index (χ4n) is 1.34. The van der Waals surface area contributed by atoms with E-state index < -0.39 is 11.5 Å². The molecule has 2 rings (SSSR count). The minimum absolute atomic E-state index is 0.0486. The van der Waals surface area contributed by atoms with Crippen LogP contribution in [0.15, 0.2) is 10.9 Å². The Hall–Kier alpha value is -1.89. The highest BCUT2D eigenvalue weighted by Crippen LogP contribution is 2.19. The average molecular weight is 225 g/mol. The number of aromatic carboxylic acids is 1. The summed E-state index contributed by atoms with van der Waals surface area (Å²) in [7, 11) is 0. The van der Waals surface area contributed by atoms with Gasteiger partial charge in [-0.3, -0.25) is 4.79 Å². The van der Waals surface area contributed by atoms with Gasteiger partial charge in [-0.05, 0) is 6.92 Å². The first-order chi connectivity index (χ1) is 7.00. The summed E-state index contributed by atoms with van der Waals surface area (Å²) in [5, 5.41) is 8.93. The normalized spacial score (nSPS) is 10.7. The summed E-state index contributed by atoms with van der Waals surface area (Å²) >= 11 is 1.13. The van der Waals surface area contributed by atoms with Crippen LogP contribution in [0.25, 0.3) is 4.96 Å². The molecule has 0 saturated heterocycles. The van der Waals surface area contributed by atoms with E-state index in [9.17, 15) is 9.59 Å². The summed E-state index contributed by atoms with van der Waals surface area (Å²) in [5.74, 6) is -1.05. The van der Waals surface area contributed by atoms with Crippen molar-refractivity contribution in [1.29, 1.82) is 0 Å². The molecule has 78 valence electrons. The van der Waals surface area contributed by atoms with Crippen molar-refractivity contribution in [3.05, 3.63) is 27.0 Å². The molecule has 6 nitrogen and oxygen atoms in total. The molecule has 0 aliphatic heterocycles. The Morgan fingerprint density at radius 3 is 2.93 bits per heavy atom. The van der Waals surface area contributed by atoms with Crippen LogP contribution in [0.1, 0.15) is 15.4 Å². The monoisotopic (exact) mass is 225 g/mol. The second-order valence-corrected chi connectivity index (χ2v) is 4.13. The predicted octanol–water partition coefficient (Wildman–Crippen LogP) is 0.345. The zero-order valence-corrected chi connectivity index (χ0v) is 8.54. The smallest absolute Gasteiger partial charge is 0.354 e. The lowest BCUT2D eigenvalue weighted by molar-refractivity contribution is 0.0688. The number of hydrogen-bond acceptors (Lipinski definition) is 5. The van der Waals surface area contributed by atoms with Gasteiger partial charge in [0.1, 0.15) is 11.5 Å². The number of aryl methyl sites for hydroxylation is 1. The molecular weight excluding hydrogens is 218 g/mol. The zero-order chi connectivity index (χ0) is 11.2. The van der Waals surface area contributed by atoms with Crippen LogP contribution in [0, 0.1) is 6.92 Å². The summed E-state index contributed by atoms with van der Waals surface area (Å²) in [6.07, 6.45) is 0. The molecule has 2 aromatic rings. The zero-order valence-electron chi connectivity index (χ0n) is 7.72. The molecule has 0 aliphatic carbocycles. The highest BCUT2D eigenvalue weighted by molar-refractivity contribution is 7.17. The van der Waals surface area contributed by atoms with Gasteiger partial charge in [-0.1, -0.05) is 0 Å². The molecule has 0 atom stereocenters. The van der Waals surface area contributed by atoms with E-state index in [0.29, 0.717) is 9.84 Å². The van der Waals surface area contributed by atoms with Gasteiger partial charge in [-0.25, -0.2) is 14.2 Å². The molecule has 15 heavy (non-hydrogen) atoms. The van der Waals surface area contributed by atoms with E-state index in [-0.39, 0.29) is 11.5 Å². The maximum Gasteiger partial charge on any atom is 0.354 e. The third-order valence-corrected chi connectivity index (χ3v) is 2.87. The Kier molecular flexibility index (Phi) is 1.97. The largest absolute Gasteiger partial charge is 0.477 e. The number of thiazole rings is 1. The van der Waals surface area contributed by atoms with Crippen LogP contribution in [0.4, 0.5) is 5.82 Å². The van der Waals surface area contributed by atoms with E-state index in [4.69, 9.17) is 10.8 Å². The number of fused-ring (bicyclic) bond motifs is 1. The van der Waals surface area contributed by atoms with Gasteiger partial charge in [-0.2, -0.15) is 0 Å². The van der Waals surface area contributed by atoms with Crippen molar-refractivity contribution in [1.82, 2.24) is 9.38 Å². The number of nitrogens with zero attached hydrogens (tertiary/aromatic N) is 2. The molecule has 2 heterocycles. The van der Waals surface area contributed by atoms with E-state index in [0.717, 1.165) is 21.8 Å². The maximum atomic E-state index is 11.5. The molecule has 0 saturated carbocycles. The molecule has 0 fully saturated rings. The Labute approximate surface area is 87.6 Å². The van der Waals surface area contributed by atoms with E-state index in [1.807, 2.05) is 0 Å². The van der Waals surface area contributed by atoms with E-state index in [1.54, 1.807) is 6.92 Å². The van der Waals surface area contributed by atoms with Gasteiger partial charge in [-0.15, -0.1) is 11.3 Å². The van der Waals surface area contributed by atoms with Crippen LogP contribution in [0.2, 0.25) is 0 Å². The standard InChI is InChI=1S/C8H7N3O3S/c1-3-6(7(13)14)11-5(12)2-4(9)10-8(11)15-3/h2H,9H2,1H3,(H,13,14). The molecule has 0 amide bonds. The predicted molar refractivity (Wildman–Crippen MR) is 55.4 cm³/mol. The van der Waals surface area contributed by atoms with Crippen LogP contribution in [0.3, 0.4) is 0 Å². The number of carbonyl (C=O) groups is 1. The summed E-state index contributed by atoms with van der Waals surface area (Å²) < 4.78 is 1.05. The minimum Gasteiger partial charge on any atom is -0.477 e. The van der Waals surface area contributed by atoms with Crippen molar-refractivity contribution in [2.24, 2.45) is 0 Å². The molecule has 2 aromatic heterocycles. The topological polar surface area (TPSA) is 97.7 Å². The number of nitrogens with two attached hydrogens (primary N) is 1. The Balaban J connectivity index is 3.00. The van der Waals surface area contributed by atoms with Gasteiger partial charge in [0, 0.05) is 10.9 Å². The molecule has 0 bridgehead atoms. The third-order valence-electron chi connectivity index (χ3n) is 1.91. The number of nitrogen functional groups attached to an aromatic ring is 1. The van der Waals surface area contributed by atoms with Crippen molar-refractivity contribution in [2.75, 3.05) is 5.73 Å². The number of anilines is 1. The van der Waals surface area contributed by atoms with Crippen molar-refractivity contribution < 1.29 is 9.90 Å². The van der Waals surface area contributed by atoms with Crippen LogP contribution >= 0.6 is 11.3 Å². The number of carboxylic acids is 1. The minimum atomic E-state index is -1.15. The van der Waals surface area contributed by atoms with Crippen molar-refractivity contribution in [2.45, 2.75) is 6.92 Å². The fourth-order valence-corrected chi connectivity index (χ4v) is 2.31. The van der Waals surface area contributed by atoms with Crippen molar-refractivity contribution in [3.8, 4) is 0 Å². The number of carboxylic acid groups (broad SMARTS) is 1. The van der Waals surface area contributed by atoms with Gasteiger partial charge >= 0.3 is 5.97 Å². The van der Waals surface area contributed by atoms with Crippen LogP contribution in [-0.2, 0) is 0 Å². The molecule has 0 spiro atoms. The summed E-state index contributed by atoms with van der Waals surface area (Å²) in [6, 6.07) is 1.10. The first-order valence-electron chi connectivity index (χ1n) is 4.02. The quantitative estimate of drug-likeness (QED) is 0.729. The lowest BCUT2D eigenvalue weighted by Gasteiger charge is -1.96.